The smallest absolute Gasteiger partial charge is 0.160 e. The number of aromatic amines is 1. The Morgan fingerprint density at radius 2 is 2.35 bits per heavy atom. The fraction of sp³-hybridized carbons (Fsp3) is 0.182. The van der Waals surface area contributed by atoms with Crippen molar-refractivity contribution >= 4 is 28.2 Å². The molecule has 0 spiro atoms. The summed E-state index contributed by atoms with van der Waals surface area (Å²) in [4.78, 5) is 9.63. The molecule has 0 aliphatic heterocycles. The van der Waals surface area contributed by atoms with E-state index in [4.69, 9.17) is 0 Å². The molecule has 1 atom stereocenters. The van der Waals surface area contributed by atoms with E-state index in [0.29, 0.717) is 0 Å². The molecule has 86 valence electrons. The van der Waals surface area contributed by atoms with Gasteiger partial charge < -0.3 is 5.32 Å². The van der Waals surface area contributed by atoms with Crippen LogP contribution in [-0.2, 0) is 0 Å². The zero-order valence-corrected chi connectivity index (χ0v) is 10.0. The molecule has 0 fully saturated rings. The van der Waals surface area contributed by atoms with Gasteiger partial charge in [-0.2, -0.15) is 5.10 Å². The molecule has 3 aromatic heterocycles. The highest BCUT2D eigenvalue weighted by Crippen LogP contribution is 2.25. The van der Waals surface area contributed by atoms with E-state index in [2.05, 4.69) is 43.9 Å². The summed E-state index contributed by atoms with van der Waals surface area (Å²) in [5.41, 5.74) is 0.751. The largest absolute Gasteiger partial charge is 0.362 e. The monoisotopic (exact) mass is 245 g/mol. The first-order valence-corrected chi connectivity index (χ1v) is 6.16. The van der Waals surface area contributed by atoms with Crippen LogP contribution in [-0.4, -0.2) is 20.2 Å². The van der Waals surface area contributed by atoms with E-state index in [9.17, 15) is 0 Å². The number of nitrogens with zero attached hydrogens (tertiary/aromatic N) is 3. The lowest BCUT2D eigenvalue weighted by Crippen LogP contribution is -2.06. The van der Waals surface area contributed by atoms with Gasteiger partial charge in [0.25, 0.3) is 0 Å². The predicted molar refractivity (Wildman–Crippen MR) is 68.0 cm³/mol. The second kappa shape index (κ2) is 4.14. The van der Waals surface area contributed by atoms with Gasteiger partial charge in [-0.3, -0.25) is 5.10 Å². The van der Waals surface area contributed by atoms with Crippen LogP contribution >= 0.6 is 11.3 Å². The highest BCUT2D eigenvalue weighted by molar-refractivity contribution is 7.10. The lowest BCUT2D eigenvalue weighted by Gasteiger charge is -2.12. The summed E-state index contributed by atoms with van der Waals surface area (Å²) in [5.74, 6) is 0.810. The molecule has 3 heterocycles. The van der Waals surface area contributed by atoms with Crippen molar-refractivity contribution in [3.05, 3.63) is 34.9 Å². The number of fused-ring (bicyclic) bond motifs is 1. The number of nitrogens with one attached hydrogen (secondary N) is 2. The molecule has 0 saturated carbocycles. The molecule has 6 heteroatoms. The standard InChI is InChI=1S/C11H11N5S/c1-7(9-3-2-4-17-9)15-10-8-5-14-16-11(8)13-6-12-10/h2-7H,1H3,(H2,12,13,14,15,16)/t7-/m0/s1. The van der Waals surface area contributed by atoms with E-state index in [-0.39, 0.29) is 6.04 Å². The maximum atomic E-state index is 4.25. The minimum absolute atomic E-state index is 0.225. The van der Waals surface area contributed by atoms with Gasteiger partial charge in [-0.05, 0) is 18.4 Å². The maximum absolute atomic E-state index is 4.25. The van der Waals surface area contributed by atoms with E-state index in [1.807, 2.05) is 6.07 Å². The van der Waals surface area contributed by atoms with Gasteiger partial charge in [0, 0.05) is 4.88 Å². The van der Waals surface area contributed by atoms with Crippen molar-refractivity contribution in [2.75, 3.05) is 5.32 Å². The lowest BCUT2D eigenvalue weighted by atomic mass is 10.2. The van der Waals surface area contributed by atoms with Crippen molar-refractivity contribution in [1.29, 1.82) is 0 Å². The van der Waals surface area contributed by atoms with E-state index >= 15 is 0 Å². The molecule has 0 aliphatic rings. The molecular weight excluding hydrogens is 234 g/mol. The normalized spacial score (nSPS) is 12.8. The molecule has 0 saturated heterocycles. The average Bonchev–Trinajstić information content (AvgIpc) is 3.00. The number of aromatic nitrogens is 4. The molecule has 0 radical (unpaired) electrons. The zero-order valence-electron chi connectivity index (χ0n) is 9.21. The summed E-state index contributed by atoms with van der Waals surface area (Å²) in [6.45, 7) is 2.11. The Balaban J connectivity index is 1.92. The second-order valence-electron chi connectivity index (χ2n) is 3.74. The van der Waals surface area contributed by atoms with Crippen LogP contribution < -0.4 is 5.32 Å². The predicted octanol–water partition coefficient (Wildman–Crippen LogP) is 2.59. The first-order valence-electron chi connectivity index (χ1n) is 5.28. The summed E-state index contributed by atoms with van der Waals surface area (Å²) in [5, 5.41) is 13.2. The third-order valence-corrected chi connectivity index (χ3v) is 3.63. The van der Waals surface area contributed by atoms with Crippen LogP contribution in [0.25, 0.3) is 11.0 Å². The van der Waals surface area contributed by atoms with Crippen molar-refractivity contribution in [3.63, 3.8) is 0 Å². The number of rotatable bonds is 3. The van der Waals surface area contributed by atoms with Crippen LogP contribution in [0.3, 0.4) is 0 Å². The Labute approximate surface area is 102 Å². The molecule has 0 amide bonds. The minimum atomic E-state index is 0.225. The third-order valence-electron chi connectivity index (χ3n) is 2.57. The topological polar surface area (TPSA) is 66.5 Å². The second-order valence-corrected chi connectivity index (χ2v) is 4.72. The minimum Gasteiger partial charge on any atom is -0.362 e. The van der Waals surface area contributed by atoms with Crippen LogP contribution in [0.2, 0.25) is 0 Å². The van der Waals surface area contributed by atoms with E-state index in [1.54, 1.807) is 17.5 Å². The quantitative estimate of drug-likeness (QED) is 0.744. The molecule has 17 heavy (non-hydrogen) atoms. The summed E-state index contributed by atoms with van der Waals surface area (Å²) in [6, 6.07) is 4.38. The van der Waals surface area contributed by atoms with Crippen LogP contribution in [0.15, 0.2) is 30.0 Å². The van der Waals surface area contributed by atoms with Gasteiger partial charge in [0.05, 0.1) is 17.6 Å². The van der Waals surface area contributed by atoms with Crippen molar-refractivity contribution in [3.8, 4) is 0 Å². The number of thiophene rings is 1. The van der Waals surface area contributed by atoms with Crippen molar-refractivity contribution in [2.24, 2.45) is 0 Å². The molecule has 0 unspecified atom stereocenters. The van der Waals surface area contributed by atoms with Gasteiger partial charge in [0.2, 0.25) is 0 Å². The maximum Gasteiger partial charge on any atom is 0.160 e. The van der Waals surface area contributed by atoms with E-state index in [1.165, 1.54) is 11.2 Å². The molecule has 0 aliphatic carbocycles. The fourth-order valence-corrected chi connectivity index (χ4v) is 2.43. The Morgan fingerprint density at radius 1 is 1.41 bits per heavy atom. The van der Waals surface area contributed by atoms with Gasteiger partial charge in [-0.15, -0.1) is 11.3 Å². The zero-order chi connectivity index (χ0) is 11.7. The molecule has 0 bridgehead atoms. The summed E-state index contributed by atoms with van der Waals surface area (Å²) < 4.78 is 0. The molecular formula is C11H11N5S. The Hall–Kier alpha value is -1.95. The van der Waals surface area contributed by atoms with Crippen molar-refractivity contribution < 1.29 is 0 Å². The molecule has 2 N–H and O–H groups in total. The molecule has 0 aromatic carbocycles. The summed E-state index contributed by atoms with van der Waals surface area (Å²) in [7, 11) is 0. The number of H-pyrrole nitrogens is 1. The molecule has 3 aromatic rings. The van der Waals surface area contributed by atoms with Crippen molar-refractivity contribution in [1.82, 2.24) is 20.2 Å². The number of hydrogen-bond donors (Lipinski definition) is 2. The van der Waals surface area contributed by atoms with E-state index in [0.717, 1.165) is 16.9 Å². The van der Waals surface area contributed by atoms with Gasteiger partial charge in [0.15, 0.2) is 5.65 Å². The fourth-order valence-electron chi connectivity index (χ4n) is 1.69. The number of hydrogen-bond acceptors (Lipinski definition) is 5. The SMILES string of the molecule is C[C@H](Nc1ncnc2[nH]ncc12)c1cccs1. The third kappa shape index (κ3) is 1.87. The lowest BCUT2D eigenvalue weighted by molar-refractivity contribution is 0.897. The van der Waals surface area contributed by atoms with Crippen molar-refractivity contribution in [2.45, 2.75) is 13.0 Å². The molecule has 5 nitrogen and oxygen atoms in total. The van der Waals surface area contributed by atoms with Gasteiger partial charge in [-0.1, -0.05) is 6.07 Å². The highest BCUT2D eigenvalue weighted by atomic mass is 32.1. The van der Waals surface area contributed by atoms with Gasteiger partial charge in [0.1, 0.15) is 12.1 Å². The Bertz CT molecular complexity index is 616. The first kappa shape index (κ1) is 10.2. The number of anilines is 1. The van der Waals surface area contributed by atoms with Gasteiger partial charge in [-0.25, -0.2) is 9.97 Å². The van der Waals surface area contributed by atoms with Gasteiger partial charge >= 0.3 is 0 Å². The highest BCUT2D eigenvalue weighted by Gasteiger charge is 2.10. The Morgan fingerprint density at radius 3 is 3.18 bits per heavy atom. The summed E-state index contributed by atoms with van der Waals surface area (Å²) >= 11 is 1.73. The van der Waals surface area contributed by atoms with E-state index < -0.39 is 0 Å². The van der Waals surface area contributed by atoms with Crippen LogP contribution in [0.5, 0.6) is 0 Å². The Kier molecular flexibility index (Phi) is 2.49. The van der Waals surface area contributed by atoms with Crippen LogP contribution in [0, 0.1) is 0 Å². The van der Waals surface area contributed by atoms with Crippen LogP contribution in [0.1, 0.15) is 17.8 Å². The average molecular weight is 245 g/mol. The molecule has 3 rings (SSSR count). The summed E-state index contributed by atoms with van der Waals surface area (Å²) in [6.07, 6.45) is 3.27. The first-order chi connectivity index (χ1) is 8.34. The van der Waals surface area contributed by atoms with Crippen LogP contribution in [0.4, 0.5) is 5.82 Å².